The van der Waals surface area contributed by atoms with E-state index >= 15 is 0 Å². The zero-order valence-electron chi connectivity index (χ0n) is 13.8. The van der Waals surface area contributed by atoms with Gasteiger partial charge in [0.1, 0.15) is 0 Å². The maximum absolute atomic E-state index is 11.8. The Balaban J connectivity index is 2.62. The summed E-state index contributed by atoms with van der Waals surface area (Å²) in [6.45, 7) is 1.56. The number of methoxy groups -OCH3 is 1. The van der Waals surface area contributed by atoms with E-state index < -0.39 is 17.9 Å². The first-order valence-corrected chi connectivity index (χ1v) is 8.08. The number of carboxylic acid groups (broad SMARTS) is 2. The lowest BCUT2D eigenvalue weighted by atomic mass is 9.94. The second-order valence-corrected chi connectivity index (χ2v) is 6.28. The molecule has 136 valence electrons. The van der Waals surface area contributed by atoms with Crippen LogP contribution in [0.1, 0.15) is 47.8 Å². The molecule has 0 aromatic heterocycles. The molecule has 0 aliphatic carbocycles. The molecule has 8 heteroatoms. The normalized spacial score (nSPS) is 10.5. The van der Waals surface area contributed by atoms with Gasteiger partial charge in [-0.2, -0.15) is 0 Å². The molecule has 0 unspecified atom stereocenters. The molecule has 0 amide bonds. The smallest absolute Gasteiger partial charge is 0.339 e. The van der Waals surface area contributed by atoms with Crippen molar-refractivity contribution in [1.82, 2.24) is 0 Å². The topological polar surface area (TPSA) is 101 Å². The Labute approximate surface area is 158 Å². The number of carboxylic acids is 2. The molecule has 6 nitrogen and oxygen atoms in total. The van der Waals surface area contributed by atoms with Crippen LogP contribution in [0.2, 0.25) is 10.0 Å². The molecule has 2 N–H and O–H groups in total. The van der Waals surface area contributed by atoms with E-state index in [1.54, 1.807) is 6.92 Å². The molecule has 2 aromatic rings. The highest BCUT2D eigenvalue weighted by molar-refractivity contribution is 6.38. The summed E-state index contributed by atoms with van der Waals surface area (Å²) in [5.74, 6) is -3.15. The van der Waals surface area contributed by atoms with Crippen LogP contribution in [0.3, 0.4) is 0 Å². The first kappa shape index (κ1) is 19.8. The summed E-state index contributed by atoms with van der Waals surface area (Å²) < 4.78 is 4.66. The standard InChI is InChI=1S/C18H14Cl2O6/c1-8-5-9(12(17(23)24)7-11(8)16(21)22)6-13-14(19)4-3-10(15(13)20)18(25)26-2/h3-5,7H,6H2,1-2H3,(H,21,22)(H,23,24). The van der Waals surface area contributed by atoms with E-state index in [0.717, 1.165) is 6.07 Å². The van der Waals surface area contributed by atoms with E-state index in [1.807, 2.05) is 0 Å². The number of benzene rings is 2. The highest BCUT2D eigenvalue weighted by Gasteiger charge is 2.21. The molecule has 0 aliphatic heterocycles. The van der Waals surface area contributed by atoms with Crippen LogP contribution in [0, 0.1) is 6.92 Å². The summed E-state index contributed by atoms with van der Waals surface area (Å²) in [6.07, 6.45) is 0.00483. The summed E-state index contributed by atoms with van der Waals surface area (Å²) in [4.78, 5) is 34.6. The molecule has 0 heterocycles. The van der Waals surface area contributed by atoms with Gasteiger partial charge in [0.2, 0.25) is 0 Å². The molecule has 0 spiro atoms. The van der Waals surface area contributed by atoms with Gasteiger partial charge in [-0.15, -0.1) is 0 Å². The Morgan fingerprint density at radius 1 is 1.00 bits per heavy atom. The number of ether oxygens (including phenoxy) is 1. The van der Waals surface area contributed by atoms with Gasteiger partial charge in [-0.05, 0) is 41.8 Å². The number of hydrogen-bond donors (Lipinski definition) is 2. The zero-order valence-corrected chi connectivity index (χ0v) is 15.3. The molecule has 2 rings (SSSR count). The first-order chi connectivity index (χ1) is 12.2. The first-order valence-electron chi connectivity index (χ1n) is 7.32. The molecule has 0 saturated carbocycles. The van der Waals surface area contributed by atoms with Gasteiger partial charge in [-0.25, -0.2) is 14.4 Å². The number of carbonyl (C=O) groups excluding carboxylic acids is 1. The quantitative estimate of drug-likeness (QED) is 0.738. The summed E-state index contributed by atoms with van der Waals surface area (Å²) in [5, 5.41) is 18.9. The molecule has 2 aromatic carbocycles. The van der Waals surface area contributed by atoms with Crippen molar-refractivity contribution in [2.75, 3.05) is 7.11 Å². The van der Waals surface area contributed by atoms with E-state index in [9.17, 15) is 24.6 Å². The van der Waals surface area contributed by atoms with Gasteiger partial charge in [-0.1, -0.05) is 29.3 Å². The fourth-order valence-electron chi connectivity index (χ4n) is 2.56. The van der Waals surface area contributed by atoms with Crippen molar-refractivity contribution in [2.45, 2.75) is 13.3 Å². The number of hydrogen-bond acceptors (Lipinski definition) is 4. The van der Waals surface area contributed by atoms with E-state index in [2.05, 4.69) is 4.74 Å². The number of carbonyl (C=O) groups is 3. The Bertz CT molecular complexity index is 920. The molecule has 0 atom stereocenters. The van der Waals surface area contributed by atoms with Crippen LogP contribution in [0.25, 0.3) is 0 Å². The lowest BCUT2D eigenvalue weighted by Gasteiger charge is -2.14. The van der Waals surface area contributed by atoms with Crippen LogP contribution in [-0.4, -0.2) is 35.2 Å². The molecular formula is C18H14Cl2O6. The van der Waals surface area contributed by atoms with Gasteiger partial charge in [-0.3, -0.25) is 0 Å². The molecule has 0 saturated heterocycles. The minimum atomic E-state index is -1.28. The average molecular weight is 397 g/mol. The number of esters is 1. The van der Waals surface area contributed by atoms with E-state index in [-0.39, 0.29) is 33.2 Å². The van der Waals surface area contributed by atoms with E-state index in [0.29, 0.717) is 16.7 Å². The third-order valence-corrected chi connectivity index (χ3v) is 4.66. The maximum Gasteiger partial charge on any atom is 0.339 e. The fourth-order valence-corrected chi connectivity index (χ4v) is 3.14. The van der Waals surface area contributed by atoms with Crippen LogP contribution in [0.15, 0.2) is 24.3 Å². The fraction of sp³-hybridized carbons (Fsp3) is 0.167. The molecule has 0 fully saturated rings. The van der Waals surface area contributed by atoms with Crippen molar-refractivity contribution in [3.63, 3.8) is 0 Å². The SMILES string of the molecule is COC(=O)c1ccc(Cl)c(Cc2cc(C)c(C(=O)O)cc2C(=O)O)c1Cl. The number of rotatable bonds is 5. The molecule has 26 heavy (non-hydrogen) atoms. The molecule has 0 bridgehead atoms. The van der Waals surface area contributed by atoms with Crippen molar-refractivity contribution in [3.05, 3.63) is 67.7 Å². The van der Waals surface area contributed by atoms with Gasteiger partial charge < -0.3 is 14.9 Å². The Kier molecular flexibility index (Phi) is 5.90. The highest BCUT2D eigenvalue weighted by Crippen LogP contribution is 2.32. The van der Waals surface area contributed by atoms with Crippen molar-refractivity contribution < 1.29 is 29.3 Å². The van der Waals surface area contributed by atoms with Crippen LogP contribution >= 0.6 is 23.2 Å². The third kappa shape index (κ3) is 3.81. The Morgan fingerprint density at radius 2 is 1.62 bits per heavy atom. The van der Waals surface area contributed by atoms with Crippen molar-refractivity contribution in [3.8, 4) is 0 Å². The van der Waals surface area contributed by atoms with Gasteiger partial charge in [0.05, 0.1) is 28.8 Å². The maximum atomic E-state index is 11.8. The van der Waals surface area contributed by atoms with Crippen LogP contribution in [-0.2, 0) is 11.2 Å². The molecular weight excluding hydrogens is 383 g/mol. The second-order valence-electron chi connectivity index (χ2n) is 5.49. The zero-order chi connectivity index (χ0) is 19.6. The van der Waals surface area contributed by atoms with Crippen molar-refractivity contribution >= 4 is 41.1 Å². The summed E-state index contributed by atoms with van der Waals surface area (Å²) in [5.41, 5.74) is 0.889. The van der Waals surface area contributed by atoms with Crippen LogP contribution in [0.4, 0.5) is 0 Å². The number of aromatic carboxylic acids is 2. The number of halogens is 2. The predicted octanol–water partition coefficient (Wildman–Crippen LogP) is 4.08. The van der Waals surface area contributed by atoms with Crippen LogP contribution < -0.4 is 0 Å². The Hall–Kier alpha value is -2.57. The van der Waals surface area contributed by atoms with E-state index in [4.69, 9.17) is 23.2 Å². The monoisotopic (exact) mass is 396 g/mol. The molecule has 0 aliphatic rings. The summed E-state index contributed by atoms with van der Waals surface area (Å²) in [6, 6.07) is 5.44. The largest absolute Gasteiger partial charge is 0.478 e. The second kappa shape index (κ2) is 7.76. The molecule has 0 radical (unpaired) electrons. The summed E-state index contributed by atoms with van der Waals surface area (Å²) in [7, 11) is 1.21. The lowest BCUT2D eigenvalue weighted by Crippen LogP contribution is -2.10. The van der Waals surface area contributed by atoms with Gasteiger partial charge in [0.15, 0.2) is 0 Å². The summed E-state index contributed by atoms with van der Waals surface area (Å²) >= 11 is 12.4. The van der Waals surface area contributed by atoms with Crippen LogP contribution in [0.5, 0.6) is 0 Å². The Morgan fingerprint density at radius 3 is 2.15 bits per heavy atom. The predicted molar refractivity (Wildman–Crippen MR) is 95.7 cm³/mol. The lowest BCUT2D eigenvalue weighted by molar-refractivity contribution is 0.0598. The minimum absolute atomic E-state index is 0.00483. The minimum Gasteiger partial charge on any atom is -0.478 e. The van der Waals surface area contributed by atoms with Gasteiger partial charge >= 0.3 is 17.9 Å². The van der Waals surface area contributed by atoms with E-state index in [1.165, 1.54) is 25.3 Å². The average Bonchev–Trinajstić information content (AvgIpc) is 2.57. The third-order valence-electron chi connectivity index (χ3n) is 3.87. The van der Waals surface area contributed by atoms with Crippen molar-refractivity contribution in [2.24, 2.45) is 0 Å². The highest BCUT2D eigenvalue weighted by atomic mass is 35.5. The van der Waals surface area contributed by atoms with Crippen molar-refractivity contribution in [1.29, 1.82) is 0 Å². The van der Waals surface area contributed by atoms with Gasteiger partial charge in [0.25, 0.3) is 0 Å². The van der Waals surface area contributed by atoms with Gasteiger partial charge in [0, 0.05) is 11.4 Å². The number of aryl methyl sites for hydroxylation is 1.